The largest absolute Gasteiger partial charge is 0.341 e. The summed E-state index contributed by atoms with van der Waals surface area (Å²) in [6.45, 7) is 6.29. The maximum atomic E-state index is 5.81. The molecule has 15 heavy (non-hydrogen) atoms. The molecule has 1 aromatic heterocycles. The van der Waals surface area contributed by atoms with Crippen LogP contribution in [0.3, 0.4) is 0 Å². The van der Waals surface area contributed by atoms with Gasteiger partial charge in [0.15, 0.2) is 0 Å². The predicted octanol–water partition coefficient (Wildman–Crippen LogP) is 2.71. The molecule has 0 saturated carbocycles. The quantitative estimate of drug-likeness (QED) is 0.788. The molecule has 0 spiro atoms. The second-order valence-corrected chi connectivity index (χ2v) is 4.31. The number of para-hydroxylation sites is 1. The lowest BCUT2D eigenvalue weighted by Crippen LogP contribution is -2.06. The Hall–Kier alpha value is -1.35. The molecule has 0 saturated heterocycles. The minimum absolute atomic E-state index is 0.0441. The number of nitrogens with one attached hydrogen (secondary N) is 1. The smallest absolute Gasteiger partial charge is 0.123 e. The van der Waals surface area contributed by atoms with Crippen molar-refractivity contribution in [2.75, 3.05) is 0 Å². The number of hydrogen-bond acceptors (Lipinski definition) is 2. The third-order valence-corrected chi connectivity index (χ3v) is 2.62. The van der Waals surface area contributed by atoms with Gasteiger partial charge in [-0.15, -0.1) is 0 Å². The van der Waals surface area contributed by atoms with Gasteiger partial charge in [-0.05, 0) is 24.5 Å². The second-order valence-electron chi connectivity index (χ2n) is 4.31. The fourth-order valence-corrected chi connectivity index (χ4v) is 1.75. The number of aromatic nitrogens is 2. The average molecular weight is 203 g/mol. The molecule has 0 aliphatic rings. The van der Waals surface area contributed by atoms with Gasteiger partial charge in [0.05, 0.1) is 17.1 Å². The van der Waals surface area contributed by atoms with Crippen LogP contribution in [-0.4, -0.2) is 9.97 Å². The third kappa shape index (κ3) is 1.75. The highest BCUT2D eigenvalue weighted by Gasteiger charge is 2.11. The molecule has 0 amide bonds. The second kappa shape index (κ2) is 3.66. The molecule has 0 radical (unpaired) electrons. The molecule has 80 valence electrons. The fraction of sp³-hybridized carbons (Fsp3) is 0.417. The van der Waals surface area contributed by atoms with Gasteiger partial charge in [-0.3, -0.25) is 0 Å². The molecule has 2 aromatic rings. The number of nitrogens with two attached hydrogens (primary N) is 1. The van der Waals surface area contributed by atoms with E-state index in [9.17, 15) is 0 Å². The van der Waals surface area contributed by atoms with Crippen LogP contribution in [0, 0.1) is 0 Å². The lowest BCUT2D eigenvalue weighted by atomic mass is 10.0. The Morgan fingerprint density at radius 2 is 2.00 bits per heavy atom. The number of H-pyrrole nitrogens is 1. The Kier molecular flexibility index (Phi) is 2.49. The molecule has 0 aliphatic heterocycles. The molecule has 1 atom stereocenters. The van der Waals surface area contributed by atoms with E-state index >= 15 is 0 Å². The number of rotatable bonds is 2. The molecule has 1 aromatic carbocycles. The van der Waals surface area contributed by atoms with Crippen molar-refractivity contribution in [1.82, 2.24) is 9.97 Å². The lowest BCUT2D eigenvalue weighted by molar-refractivity contribution is 0.759. The highest BCUT2D eigenvalue weighted by atomic mass is 15.0. The summed E-state index contributed by atoms with van der Waals surface area (Å²) in [5, 5.41) is 0. The molecule has 2 rings (SSSR count). The first kappa shape index (κ1) is 10.2. The first-order valence-corrected chi connectivity index (χ1v) is 5.33. The van der Waals surface area contributed by atoms with Gasteiger partial charge >= 0.3 is 0 Å². The summed E-state index contributed by atoms with van der Waals surface area (Å²) in [5.41, 5.74) is 9.22. The average Bonchev–Trinajstić information content (AvgIpc) is 2.60. The zero-order valence-corrected chi connectivity index (χ0v) is 9.41. The molecular weight excluding hydrogens is 186 g/mol. The van der Waals surface area contributed by atoms with Crippen molar-refractivity contribution in [3.8, 4) is 0 Å². The van der Waals surface area contributed by atoms with E-state index in [1.807, 2.05) is 13.0 Å². The standard InChI is InChI=1S/C12H17N3/c1-7(2)9-5-4-6-10-11(9)15-12(14-10)8(3)13/h4-8H,13H2,1-3H3,(H,14,15). The van der Waals surface area contributed by atoms with E-state index in [2.05, 4.69) is 35.9 Å². The van der Waals surface area contributed by atoms with E-state index in [4.69, 9.17) is 5.73 Å². The van der Waals surface area contributed by atoms with Crippen molar-refractivity contribution in [3.05, 3.63) is 29.6 Å². The summed E-state index contributed by atoms with van der Waals surface area (Å²) in [7, 11) is 0. The summed E-state index contributed by atoms with van der Waals surface area (Å²) in [6.07, 6.45) is 0. The van der Waals surface area contributed by atoms with Crippen LogP contribution < -0.4 is 5.73 Å². The predicted molar refractivity (Wildman–Crippen MR) is 62.8 cm³/mol. The van der Waals surface area contributed by atoms with Crippen LogP contribution in [0.2, 0.25) is 0 Å². The zero-order valence-electron chi connectivity index (χ0n) is 9.41. The maximum Gasteiger partial charge on any atom is 0.123 e. The summed E-state index contributed by atoms with van der Waals surface area (Å²) in [4.78, 5) is 7.81. The third-order valence-electron chi connectivity index (χ3n) is 2.62. The zero-order chi connectivity index (χ0) is 11.0. The Morgan fingerprint density at radius 3 is 2.60 bits per heavy atom. The monoisotopic (exact) mass is 203 g/mol. The van der Waals surface area contributed by atoms with Crippen molar-refractivity contribution in [3.63, 3.8) is 0 Å². The van der Waals surface area contributed by atoms with E-state index in [-0.39, 0.29) is 6.04 Å². The molecule has 1 unspecified atom stereocenters. The van der Waals surface area contributed by atoms with Gasteiger partial charge in [0, 0.05) is 0 Å². The Morgan fingerprint density at radius 1 is 1.27 bits per heavy atom. The summed E-state index contributed by atoms with van der Waals surface area (Å²) in [5.74, 6) is 1.34. The first-order chi connectivity index (χ1) is 7.09. The maximum absolute atomic E-state index is 5.81. The van der Waals surface area contributed by atoms with Crippen molar-refractivity contribution in [1.29, 1.82) is 0 Å². The summed E-state index contributed by atoms with van der Waals surface area (Å²) >= 11 is 0. The summed E-state index contributed by atoms with van der Waals surface area (Å²) in [6, 6.07) is 6.18. The van der Waals surface area contributed by atoms with E-state index in [0.29, 0.717) is 5.92 Å². The minimum atomic E-state index is -0.0441. The topological polar surface area (TPSA) is 54.7 Å². The minimum Gasteiger partial charge on any atom is -0.341 e. The van der Waals surface area contributed by atoms with Crippen molar-refractivity contribution in [2.45, 2.75) is 32.7 Å². The molecule has 3 N–H and O–H groups in total. The van der Waals surface area contributed by atoms with Crippen molar-refractivity contribution in [2.24, 2.45) is 5.73 Å². The molecule has 3 heteroatoms. The van der Waals surface area contributed by atoms with E-state index in [1.165, 1.54) is 5.56 Å². The number of hydrogen-bond donors (Lipinski definition) is 2. The molecular formula is C12H17N3. The van der Waals surface area contributed by atoms with Crippen molar-refractivity contribution >= 4 is 11.0 Å². The van der Waals surface area contributed by atoms with Crippen LogP contribution >= 0.6 is 0 Å². The number of aromatic amines is 1. The van der Waals surface area contributed by atoms with Crippen LogP contribution in [0.5, 0.6) is 0 Å². The van der Waals surface area contributed by atoms with Crippen LogP contribution in [-0.2, 0) is 0 Å². The number of imidazole rings is 1. The highest BCUT2D eigenvalue weighted by molar-refractivity contribution is 5.79. The molecule has 0 fully saturated rings. The van der Waals surface area contributed by atoms with Crippen LogP contribution in [0.15, 0.2) is 18.2 Å². The lowest BCUT2D eigenvalue weighted by Gasteiger charge is -2.04. The van der Waals surface area contributed by atoms with E-state index < -0.39 is 0 Å². The number of nitrogens with zero attached hydrogens (tertiary/aromatic N) is 1. The van der Waals surface area contributed by atoms with Gasteiger partial charge in [0.25, 0.3) is 0 Å². The Balaban J connectivity index is 2.64. The van der Waals surface area contributed by atoms with E-state index in [1.54, 1.807) is 0 Å². The van der Waals surface area contributed by atoms with Crippen molar-refractivity contribution < 1.29 is 0 Å². The van der Waals surface area contributed by atoms with Gasteiger partial charge in [-0.25, -0.2) is 4.98 Å². The van der Waals surface area contributed by atoms with E-state index in [0.717, 1.165) is 16.9 Å². The molecule has 0 bridgehead atoms. The SMILES string of the molecule is CC(C)c1cccc2[nH]c(C(C)N)nc12. The van der Waals surface area contributed by atoms with Crippen LogP contribution in [0.4, 0.5) is 0 Å². The molecule has 1 heterocycles. The number of fused-ring (bicyclic) bond motifs is 1. The van der Waals surface area contributed by atoms with Crippen LogP contribution in [0.25, 0.3) is 11.0 Å². The van der Waals surface area contributed by atoms with Gasteiger partial charge in [-0.2, -0.15) is 0 Å². The first-order valence-electron chi connectivity index (χ1n) is 5.33. The van der Waals surface area contributed by atoms with Crippen LogP contribution in [0.1, 0.15) is 44.1 Å². The van der Waals surface area contributed by atoms with Gasteiger partial charge in [-0.1, -0.05) is 26.0 Å². The Bertz CT molecular complexity index is 469. The Labute approximate surface area is 89.7 Å². The fourth-order valence-electron chi connectivity index (χ4n) is 1.75. The van der Waals surface area contributed by atoms with Gasteiger partial charge in [0.2, 0.25) is 0 Å². The highest BCUT2D eigenvalue weighted by Crippen LogP contribution is 2.24. The number of benzene rings is 1. The molecule has 0 aliphatic carbocycles. The molecule has 3 nitrogen and oxygen atoms in total. The van der Waals surface area contributed by atoms with Gasteiger partial charge < -0.3 is 10.7 Å². The van der Waals surface area contributed by atoms with Gasteiger partial charge in [0.1, 0.15) is 5.82 Å². The normalized spacial score (nSPS) is 13.7. The summed E-state index contributed by atoms with van der Waals surface area (Å²) < 4.78 is 0.